The molecule has 1 aliphatic carbocycles. The largest absolute Gasteiger partial charge is 0.410 e. The van der Waals surface area contributed by atoms with Crippen LogP contribution in [0.4, 0.5) is 13.2 Å². The van der Waals surface area contributed by atoms with Crippen molar-refractivity contribution in [3.05, 3.63) is 10.1 Å². The Morgan fingerprint density at radius 3 is 2.31 bits per heavy atom. The van der Waals surface area contributed by atoms with E-state index >= 15 is 0 Å². The average Bonchev–Trinajstić information content (AvgIpc) is 2.16. The maximum absolute atomic E-state index is 12.5. The lowest BCUT2D eigenvalue weighted by molar-refractivity contribution is -0.491. The summed E-state index contributed by atoms with van der Waals surface area (Å²) in [6.07, 6.45) is -0.398. The molecule has 1 fully saturated rings. The quantitative estimate of drug-likeness (QED) is 0.605. The van der Waals surface area contributed by atoms with Gasteiger partial charge in [0.2, 0.25) is 6.54 Å². The SMILES string of the molecule is O=[N+]([O-])CC(NC1CCCCC1)C(F)(F)F. The van der Waals surface area contributed by atoms with Crippen LogP contribution in [0.2, 0.25) is 0 Å². The van der Waals surface area contributed by atoms with E-state index in [0.717, 1.165) is 19.3 Å². The van der Waals surface area contributed by atoms with E-state index in [-0.39, 0.29) is 6.04 Å². The van der Waals surface area contributed by atoms with E-state index in [2.05, 4.69) is 5.32 Å². The van der Waals surface area contributed by atoms with Gasteiger partial charge >= 0.3 is 6.18 Å². The van der Waals surface area contributed by atoms with Crippen molar-refractivity contribution in [3.63, 3.8) is 0 Å². The number of hydrogen-bond donors (Lipinski definition) is 1. The molecule has 0 bridgehead atoms. The van der Waals surface area contributed by atoms with Crippen LogP contribution in [0, 0.1) is 10.1 Å². The third-order valence-corrected chi connectivity index (χ3v) is 2.77. The molecule has 1 aliphatic rings. The standard InChI is InChI=1S/C9H15F3N2O2/c10-9(11,12)8(6-14(15)16)13-7-4-2-1-3-5-7/h7-8,13H,1-6H2. The number of nitrogens with one attached hydrogen (secondary N) is 1. The van der Waals surface area contributed by atoms with Crippen molar-refractivity contribution in [3.8, 4) is 0 Å². The Labute approximate surface area is 91.4 Å². The highest BCUT2D eigenvalue weighted by molar-refractivity contribution is 4.81. The van der Waals surface area contributed by atoms with Crippen molar-refractivity contribution < 1.29 is 18.1 Å². The highest BCUT2D eigenvalue weighted by Crippen LogP contribution is 2.24. The first-order valence-electron chi connectivity index (χ1n) is 5.34. The van der Waals surface area contributed by atoms with Crippen LogP contribution in [0.3, 0.4) is 0 Å². The molecule has 0 aromatic rings. The van der Waals surface area contributed by atoms with Crippen LogP contribution < -0.4 is 5.32 Å². The van der Waals surface area contributed by atoms with Gasteiger partial charge in [-0.15, -0.1) is 0 Å². The van der Waals surface area contributed by atoms with Crippen LogP contribution in [-0.4, -0.2) is 29.7 Å². The number of alkyl halides is 3. The van der Waals surface area contributed by atoms with Gasteiger partial charge in [0, 0.05) is 11.0 Å². The summed E-state index contributed by atoms with van der Waals surface area (Å²) in [5.41, 5.74) is 0. The van der Waals surface area contributed by atoms with Gasteiger partial charge in [0.05, 0.1) is 0 Å². The van der Waals surface area contributed by atoms with Gasteiger partial charge in [0.25, 0.3) is 0 Å². The van der Waals surface area contributed by atoms with Gasteiger partial charge < -0.3 is 0 Å². The van der Waals surface area contributed by atoms with E-state index < -0.39 is 23.7 Å². The summed E-state index contributed by atoms with van der Waals surface area (Å²) in [7, 11) is 0. The molecule has 0 amide bonds. The molecule has 0 spiro atoms. The summed E-state index contributed by atoms with van der Waals surface area (Å²) in [6, 6.07) is -2.26. The van der Waals surface area contributed by atoms with E-state index in [4.69, 9.17) is 0 Å². The number of rotatable bonds is 4. The lowest BCUT2D eigenvalue weighted by atomic mass is 9.95. The van der Waals surface area contributed by atoms with E-state index in [1.165, 1.54) is 0 Å². The fourth-order valence-electron chi connectivity index (χ4n) is 1.95. The minimum absolute atomic E-state index is 0.236. The monoisotopic (exact) mass is 240 g/mol. The zero-order valence-corrected chi connectivity index (χ0v) is 8.79. The summed E-state index contributed by atoms with van der Waals surface area (Å²) in [4.78, 5) is 9.24. The summed E-state index contributed by atoms with van der Waals surface area (Å²) in [5.74, 6) is 0. The smallest absolute Gasteiger partial charge is 0.298 e. The molecule has 1 saturated carbocycles. The molecular weight excluding hydrogens is 225 g/mol. The Hall–Kier alpha value is -0.850. The Morgan fingerprint density at radius 2 is 1.88 bits per heavy atom. The predicted molar refractivity (Wildman–Crippen MR) is 51.7 cm³/mol. The zero-order valence-electron chi connectivity index (χ0n) is 8.79. The Bertz CT molecular complexity index is 239. The first-order chi connectivity index (χ1) is 7.39. The summed E-state index contributed by atoms with van der Waals surface area (Å²) in [6.45, 7) is -1.10. The fourth-order valence-corrected chi connectivity index (χ4v) is 1.95. The van der Waals surface area contributed by atoms with E-state index in [0.29, 0.717) is 12.8 Å². The molecule has 1 rings (SSSR count). The molecule has 4 nitrogen and oxygen atoms in total. The second-order valence-electron chi connectivity index (χ2n) is 4.11. The predicted octanol–water partition coefficient (Wildman–Crippen LogP) is 2.12. The molecule has 0 heterocycles. The zero-order chi connectivity index (χ0) is 12.2. The Balaban J connectivity index is 2.51. The second kappa shape index (κ2) is 5.47. The minimum Gasteiger partial charge on any atom is -0.298 e. The molecule has 7 heteroatoms. The average molecular weight is 240 g/mol. The number of nitrogens with zero attached hydrogens (tertiary/aromatic N) is 1. The van der Waals surface area contributed by atoms with Gasteiger partial charge in [-0.05, 0) is 12.8 Å². The molecular formula is C9H15F3N2O2. The second-order valence-corrected chi connectivity index (χ2v) is 4.11. The van der Waals surface area contributed by atoms with Crippen LogP contribution in [0.5, 0.6) is 0 Å². The van der Waals surface area contributed by atoms with E-state index in [9.17, 15) is 23.3 Å². The van der Waals surface area contributed by atoms with Gasteiger partial charge in [-0.2, -0.15) is 13.2 Å². The Morgan fingerprint density at radius 1 is 1.31 bits per heavy atom. The van der Waals surface area contributed by atoms with E-state index in [1.807, 2.05) is 0 Å². The molecule has 0 saturated heterocycles. The van der Waals surface area contributed by atoms with Crippen LogP contribution in [0.1, 0.15) is 32.1 Å². The fraction of sp³-hybridized carbons (Fsp3) is 1.00. The molecule has 1 N–H and O–H groups in total. The van der Waals surface area contributed by atoms with Crippen LogP contribution in [0.25, 0.3) is 0 Å². The molecule has 1 unspecified atom stereocenters. The first kappa shape index (κ1) is 13.2. The summed E-state index contributed by atoms with van der Waals surface area (Å²) < 4.78 is 37.4. The lowest BCUT2D eigenvalue weighted by Crippen LogP contribution is -2.51. The van der Waals surface area contributed by atoms with Crippen molar-refractivity contribution >= 4 is 0 Å². The summed E-state index contributed by atoms with van der Waals surface area (Å²) >= 11 is 0. The summed E-state index contributed by atoms with van der Waals surface area (Å²) in [5, 5.41) is 12.5. The van der Waals surface area contributed by atoms with Gasteiger partial charge in [-0.1, -0.05) is 19.3 Å². The van der Waals surface area contributed by atoms with Gasteiger partial charge in [0.15, 0.2) is 6.04 Å². The number of nitro groups is 1. The van der Waals surface area contributed by atoms with Crippen molar-refractivity contribution in [2.24, 2.45) is 0 Å². The van der Waals surface area contributed by atoms with Crippen molar-refractivity contribution in [2.75, 3.05) is 6.54 Å². The first-order valence-corrected chi connectivity index (χ1v) is 5.34. The number of hydrogen-bond acceptors (Lipinski definition) is 3. The molecule has 1 atom stereocenters. The maximum atomic E-state index is 12.5. The van der Waals surface area contributed by atoms with Gasteiger partial charge in [0.1, 0.15) is 0 Å². The van der Waals surface area contributed by atoms with Crippen LogP contribution >= 0.6 is 0 Å². The topological polar surface area (TPSA) is 55.2 Å². The van der Waals surface area contributed by atoms with Crippen LogP contribution in [-0.2, 0) is 0 Å². The molecule has 0 radical (unpaired) electrons. The molecule has 94 valence electrons. The van der Waals surface area contributed by atoms with Crippen molar-refractivity contribution in [2.45, 2.75) is 50.4 Å². The molecule has 0 aromatic carbocycles. The molecule has 0 aromatic heterocycles. The van der Waals surface area contributed by atoms with Gasteiger partial charge in [-0.3, -0.25) is 15.4 Å². The highest BCUT2D eigenvalue weighted by Gasteiger charge is 2.44. The third-order valence-electron chi connectivity index (χ3n) is 2.77. The van der Waals surface area contributed by atoms with Gasteiger partial charge in [-0.25, -0.2) is 0 Å². The highest BCUT2D eigenvalue weighted by atomic mass is 19.4. The van der Waals surface area contributed by atoms with Crippen molar-refractivity contribution in [1.82, 2.24) is 5.32 Å². The van der Waals surface area contributed by atoms with E-state index in [1.54, 1.807) is 0 Å². The lowest BCUT2D eigenvalue weighted by Gasteiger charge is -2.27. The maximum Gasteiger partial charge on any atom is 0.410 e. The Kier molecular flexibility index (Phi) is 4.52. The third kappa shape index (κ3) is 4.34. The normalized spacial score (nSPS) is 20.7. The molecule has 16 heavy (non-hydrogen) atoms. The minimum atomic E-state index is -4.55. The number of halogens is 3. The van der Waals surface area contributed by atoms with Crippen molar-refractivity contribution in [1.29, 1.82) is 0 Å². The van der Waals surface area contributed by atoms with Crippen LogP contribution in [0.15, 0.2) is 0 Å². The molecule has 0 aliphatic heterocycles.